The third-order valence-corrected chi connectivity index (χ3v) is 5.81. The quantitative estimate of drug-likeness (QED) is 0.864. The summed E-state index contributed by atoms with van der Waals surface area (Å²) in [6, 6.07) is 6.31. The third kappa shape index (κ3) is 2.64. The summed E-state index contributed by atoms with van der Waals surface area (Å²) in [5, 5.41) is 0. The maximum atomic E-state index is 12.7. The second-order valence-corrected chi connectivity index (χ2v) is 7.40. The zero-order chi connectivity index (χ0) is 15.9. The molecule has 2 aliphatic heterocycles. The van der Waals surface area contributed by atoms with Crippen molar-refractivity contribution in [3.8, 4) is 0 Å². The van der Waals surface area contributed by atoms with Crippen molar-refractivity contribution in [1.82, 2.24) is 18.5 Å². The molecule has 0 aliphatic carbocycles. The van der Waals surface area contributed by atoms with Crippen molar-refractivity contribution in [3.05, 3.63) is 23.8 Å². The summed E-state index contributed by atoms with van der Waals surface area (Å²) < 4.78 is 8.57. The Morgan fingerprint density at radius 1 is 1.22 bits per heavy atom. The first-order valence-corrected chi connectivity index (χ1v) is 9.16. The molecule has 0 saturated carbocycles. The van der Waals surface area contributed by atoms with Crippen molar-refractivity contribution < 1.29 is 4.79 Å². The van der Waals surface area contributed by atoms with Gasteiger partial charge >= 0.3 is 0 Å². The number of fused-ring (bicyclic) bond motifs is 1. The van der Waals surface area contributed by atoms with Crippen LogP contribution < -0.4 is 0 Å². The molecule has 122 valence electrons. The lowest BCUT2D eigenvalue weighted by molar-refractivity contribution is -0.135. The van der Waals surface area contributed by atoms with E-state index in [-0.39, 0.29) is 5.41 Å². The van der Waals surface area contributed by atoms with Gasteiger partial charge in [0.1, 0.15) is 11.0 Å². The van der Waals surface area contributed by atoms with Gasteiger partial charge in [-0.25, -0.2) is 0 Å². The van der Waals surface area contributed by atoms with E-state index in [0.717, 1.165) is 63.0 Å². The van der Waals surface area contributed by atoms with Gasteiger partial charge in [-0.05, 0) is 43.5 Å². The van der Waals surface area contributed by atoms with Crippen molar-refractivity contribution in [2.24, 2.45) is 5.41 Å². The first-order valence-electron chi connectivity index (χ1n) is 8.43. The van der Waals surface area contributed by atoms with Gasteiger partial charge in [0.15, 0.2) is 0 Å². The Morgan fingerprint density at radius 2 is 2.04 bits per heavy atom. The Balaban J connectivity index is 1.45. The second-order valence-electron chi connectivity index (χ2n) is 6.87. The summed E-state index contributed by atoms with van der Waals surface area (Å²) in [7, 11) is 0. The monoisotopic (exact) mass is 330 g/mol. The van der Waals surface area contributed by atoms with Crippen LogP contribution in [0.3, 0.4) is 0 Å². The highest BCUT2D eigenvalue weighted by molar-refractivity contribution is 7.00. The predicted octanol–water partition coefficient (Wildman–Crippen LogP) is 2.53. The van der Waals surface area contributed by atoms with Crippen LogP contribution in [-0.2, 0) is 11.3 Å². The molecular formula is C17H22N4OS. The van der Waals surface area contributed by atoms with Gasteiger partial charge in [-0.3, -0.25) is 9.69 Å². The number of nitrogens with zero attached hydrogens (tertiary/aromatic N) is 4. The van der Waals surface area contributed by atoms with Gasteiger partial charge in [0.05, 0.1) is 17.1 Å². The number of hydrogen-bond acceptors (Lipinski definition) is 5. The average molecular weight is 330 g/mol. The van der Waals surface area contributed by atoms with Gasteiger partial charge in [-0.2, -0.15) is 8.75 Å². The minimum absolute atomic E-state index is 0.110. The number of likely N-dealkylation sites (tertiary alicyclic amines) is 2. The van der Waals surface area contributed by atoms with E-state index in [1.807, 2.05) is 6.07 Å². The average Bonchev–Trinajstić information content (AvgIpc) is 3.24. The summed E-state index contributed by atoms with van der Waals surface area (Å²) in [5.41, 5.74) is 3.10. The van der Waals surface area contributed by atoms with Crippen molar-refractivity contribution >= 4 is 28.7 Å². The minimum Gasteiger partial charge on any atom is -0.342 e. The zero-order valence-electron chi connectivity index (χ0n) is 13.5. The SMILES string of the molecule is CCCN1CCC2(CCN(Cc3ccc4nsnc4c3)C2)C1=O. The fourth-order valence-electron chi connectivity index (χ4n) is 4.03. The van der Waals surface area contributed by atoms with E-state index < -0.39 is 0 Å². The largest absolute Gasteiger partial charge is 0.342 e. The molecule has 1 aromatic carbocycles. The molecule has 1 aromatic heterocycles. The van der Waals surface area contributed by atoms with E-state index in [0.29, 0.717) is 5.91 Å². The van der Waals surface area contributed by atoms with Crippen LogP contribution in [0.25, 0.3) is 11.0 Å². The molecule has 6 heteroatoms. The van der Waals surface area contributed by atoms with Crippen molar-refractivity contribution in [2.75, 3.05) is 26.2 Å². The molecule has 1 atom stereocenters. The number of hydrogen-bond donors (Lipinski definition) is 0. The van der Waals surface area contributed by atoms with Crippen LogP contribution in [0.2, 0.25) is 0 Å². The molecule has 0 N–H and O–H groups in total. The number of amides is 1. The molecule has 5 nitrogen and oxygen atoms in total. The van der Waals surface area contributed by atoms with Gasteiger partial charge in [-0.1, -0.05) is 13.0 Å². The van der Waals surface area contributed by atoms with Crippen LogP contribution in [0, 0.1) is 5.41 Å². The summed E-state index contributed by atoms with van der Waals surface area (Å²) >= 11 is 1.26. The highest BCUT2D eigenvalue weighted by atomic mass is 32.1. The maximum absolute atomic E-state index is 12.7. The first-order chi connectivity index (χ1) is 11.2. The molecule has 4 rings (SSSR count). The molecular weight excluding hydrogens is 308 g/mol. The van der Waals surface area contributed by atoms with Crippen LogP contribution >= 0.6 is 11.7 Å². The number of rotatable bonds is 4. The zero-order valence-corrected chi connectivity index (χ0v) is 14.3. The molecule has 1 spiro atoms. The third-order valence-electron chi connectivity index (χ3n) is 5.25. The second kappa shape index (κ2) is 5.83. The minimum atomic E-state index is -0.110. The Morgan fingerprint density at radius 3 is 2.91 bits per heavy atom. The van der Waals surface area contributed by atoms with Crippen LogP contribution in [0.1, 0.15) is 31.7 Å². The maximum Gasteiger partial charge on any atom is 0.230 e. The smallest absolute Gasteiger partial charge is 0.230 e. The highest BCUT2D eigenvalue weighted by Crippen LogP contribution is 2.41. The fraction of sp³-hybridized carbons (Fsp3) is 0.588. The molecule has 3 heterocycles. The normalized spacial score (nSPS) is 25.3. The van der Waals surface area contributed by atoms with Crippen LogP contribution in [0.5, 0.6) is 0 Å². The Kier molecular flexibility index (Phi) is 3.81. The topological polar surface area (TPSA) is 49.3 Å². The van der Waals surface area contributed by atoms with Gasteiger partial charge in [0.25, 0.3) is 0 Å². The van der Waals surface area contributed by atoms with Gasteiger partial charge in [0, 0.05) is 26.2 Å². The van der Waals surface area contributed by atoms with E-state index in [1.165, 1.54) is 17.3 Å². The molecule has 1 amide bonds. The molecule has 2 saturated heterocycles. The van der Waals surface area contributed by atoms with Crippen LogP contribution in [-0.4, -0.2) is 50.6 Å². The van der Waals surface area contributed by atoms with Gasteiger partial charge in [0.2, 0.25) is 5.91 Å². The Bertz CT molecular complexity index is 730. The van der Waals surface area contributed by atoms with Crippen molar-refractivity contribution in [1.29, 1.82) is 0 Å². The predicted molar refractivity (Wildman–Crippen MR) is 91.2 cm³/mol. The number of carbonyl (C=O) groups excluding carboxylic acids is 1. The summed E-state index contributed by atoms with van der Waals surface area (Å²) in [4.78, 5) is 17.2. The number of benzene rings is 1. The van der Waals surface area contributed by atoms with Crippen molar-refractivity contribution in [2.45, 2.75) is 32.7 Å². The van der Waals surface area contributed by atoms with E-state index in [2.05, 4.69) is 37.6 Å². The molecule has 0 bridgehead atoms. The highest BCUT2D eigenvalue weighted by Gasteiger charge is 2.50. The molecule has 23 heavy (non-hydrogen) atoms. The first kappa shape index (κ1) is 15.0. The van der Waals surface area contributed by atoms with E-state index in [4.69, 9.17) is 0 Å². The van der Waals surface area contributed by atoms with Gasteiger partial charge in [-0.15, -0.1) is 0 Å². The fourth-order valence-corrected chi connectivity index (χ4v) is 4.55. The van der Waals surface area contributed by atoms with E-state index in [9.17, 15) is 4.79 Å². The summed E-state index contributed by atoms with van der Waals surface area (Å²) in [6.45, 7) is 6.81. The van der Waals surface area contributed by atoms with Crippen molar-refractivity contribution in [3.63, 3.8) is 0 Å². The molecule has 1 unspecified atom stereocenters. The van der Waals surface area contributed by atoms with Crippen LogP contribution in [0.15, 0.2) is 18.2 Å². The number of aromatic nitrogens is 2. The molecule has 2 aromatic rings. The van der Waals surface area contributed by atoms with Crippen LogP contribution in [0.4, 0.5) is 0 Å². The lowest BCUT2D eigenvalue weighted by atomic mass is 9.85. The Labute approximate surface area is 140 Å². The van der Waals surface area contributed by atoms with E-state index in [1.54, 1.807) is 0 Å². The molecule has 2 aliphatic rings. The Hall–Kier alpha value is -1.53. The lowest BCUT2D eigenvalue weighted by Gasteiger charge is -2.23. The van der Waals surface area contributed by atoms with Gasteiger partial charge < -0.3 is 4.90 Å². The molecule has 2 fully saturated rings. The van der Waals surface area contributed by atoms with E-state index >= 15 is 0 Å². The number of carbonyl (C=O) groups is 1. The summed E-state index contributed by atoms with van der Waals surface area (Å²) in [6.07, 6.45) is 3.08. The molecule has 0 radical (unpaired) electrons. The lowest BCUT2D eigenvalue weighted by Crippen LogP contribution is -2.37. The summed E-state index contributed by atoms with van der Waals surface area (Å²) in [5.74, 6) is 0.390. The standard InChI is InChI=1S/C17H22N4OS/c1-2-7-21-9-6-17(16(21)22)5-8-20(12-17)11-13-3-4-14-15(10-13)19-23-18-14/h3-4,10H,2,5-9,11-12H2,1H3.